The minimum absolute atomic E-state index is 0.0363. The Hall–Kier alpha value is -1.63. The first kappa shape index (κ1) is 19.4. The van der Waals surface area contributed by atoms with E-state index in [1.54, 1.807) is 13.8 Å². The first-order valence-electron chi connectivity index (χ1n) is 8.29. The summed E-state index contributed by atoms with van der Waals surface area (Å²) in [5.74, 6) is -1.90. The second-order valence-electron chi connectivity index (χ2n) is 6.67. The molecule has 132 valence electrons. The third-order valence-corrected chi connectivity index (χ3v) is 4.61. The maximum absolute atomic E-state index is 12.5. The smallest absolute Gasteiger partial charge is 0.326 e. The van der Waals surface area contributed by atoms with Gasteiger partial charge in [0.1, 0.15) is 12.1 Å². The number of amides is 2. The first-order chi connectivity index (χ1) is 10.7. The number of aliphatic carboxylic acids is 1. The molecular formula is C16H29N3O4. The maximum atomic E-state index is 12.5. The summed E-state index contributed by atoms with van der Waals surface area (Å²) < 4.78 is 0. The summed E-state index contributed by atoms with van der Waals surface area (Å²) in [7, 11) is 0. The van der Waals surface area contributed by atoms with E-state index in [2.05, 4.69) is 5.32 Å². The van der Waals surface area contributed by atoms with Crippen LogP contribution in [0, 0.1) is 11.8 Å². The highest BCUT2D eigenvalue weighted by molar-refractivity contribution is 5.92. The van der Waals surface area contributed by atoms with Crippen LogP contribution in [0.5, 0.6) is 0 Å². The quantitative estimate of drug-likeness (QED) is 0.633. The summed E-state index contributed by atoms with van der Waals surface area (Å²) in [4.78, 5) is 37.7. The second-order valence-corrected chi connectivity index (χ2v) is 6.67. The number of carboxylic acids is 1. The Kier molecular flexibility index (Phi) is 7.00. The lowest BCUT2D eigenvalue weighted by Gasteiger charge is -2.30. The largest absolute Gasteiger partial charge is 0.480 e. The Balaban J connectivity index is 2.80. The van der Waals surface area contributed by atoms with E-state index in [0.29, 0.717) is 13.0 Å². The number of nitrogens with zero attached hydrogens (tertiary/aromatic N) is 1. The van der Waals surface area contributed by atoms with Crippen molar-refractivity contribution in [1.29, 1.82) is 0 Å². The van der Waals surface area contributed by atoms with Crippen molar-refractivity contribution in [3.63, 3.8) is 0 Å². The van der Waals surface area contributed by atoms with Gasteiger partial charge < -0.3 is 21.1 Å². The number of hydrogen-bond donors (Lipinski definition) is 3. The maximum Gasteiger partial charge on any atom is 0.326 e. The number of carbonyl (C=O) groups excluding carboxylic acids is 2. The van der Waals surface area contributed by atoms with E-state index < -0.39 is 30.0 Å². The number of nitrogens with two attached hydrogens (primary N) is 1. The molecule has 0 aromatic carbocycles. The molecule has 0 spiro atoms. The number of likely N-dealkylation sites (tertiary alicyclic amines) is 1. The molecule has 2 amide bonds. The molecule has 1 aliphatic rings. The van der Waals surface area contributed by atoms with Crippen LogP contribution < -0.4 is 11.1 Å². The van der Waals surface area contributed by atoms with Gasteiger partial charge in [0.05, 0.1) is 6.04 Å². The van der Waals surface area contributed by atoms with E-state index in [1.165, 1.54) is 4.90 Å². The number of carboxylic acid groups (broad SMARTS) is 1. The van der Waals surface area contributed by atoms with Crippen LogP contribution in [0.3, 0.4) is 0 Å². The molecule has 0 unspecified atom stereocenters. The third-order valence-electron chi connectivity index (χ3n) is 4.61. The second kappa shape index (κ2) is 8.29. The molecular weight excluding hydrogens is 298 g/mol. The Labute approximate surface area is 137 Å². The van der Waals surface area contributed by atoms with Gasteiger partial charge in [-0.15, -0.1) is 0 Å². The van der Waals surface area contributed by atoms with Gasteiger partial charge in [0, 0.05) is 6.54 Å². The van der Waals surface area contributed by atoms with Gasteiger partial charge in [-0.1, -0.05) is 34.1 Å². The van der Waals surface area contributed by atoms with Crippen LogP contribution in [-0.2, 0) is 14.4 Å². The van der Waals surface area contributed by atoms with Crippen LogP contribution in [0.25, 0.3) is 0 Å². The van der Waals surface area contributed by atoms with Gasteiger partial charge in [-0.3, -0.25) is 9.59 Å². The molecule has 1 rings (SSSR count). The van der Waals surface area contributed by atoms with Crippen molar-refractivity contribution in [3.05, 3.63) is 0 Å². The van der Waals surface area contributed by atoms with Gasteiger partial charge in [-0.05, 0) is 24.7 Å². The minimum atomic E-state index is -1.07. The molecule has 0 radical (unpaired) electrons. The SMILES string of the molecule is CC[C@H](C)[C@H](N)C(=O)N1CCC[C@H]1C(=O)N[C@H](C(=O)O)C(C)C. The molecule has 0 aromatic heterocycles. The highest BCUT2D eigenvalue weighted by atomic mass is 16.4. The van der Waals surface area contributed by atoms with E-state index in [4.69, 9.17) is 5.73 Å². The minimum Gasteiger partial charge on any atom is -0.480 e. The molecule has 1 fully saturated rings. The summed E-state index contributed by atoms with van der Waals surface area (Å²) in [5, 5.41) is 11.7. The fourth-order valence-corrected chi connectivity index (χ4v) is 2.75. The van der Waals surface area contributed by atoms with Crippen molar-refractivity contribution in [2.24, 2.45) is 17.6 Å². The lowest BCUT2D eigenvalue weighted by Crippen LogP contribution is -2.55. The number of carbonyl (C=O) groups is 3. The summed E-state index contributed by atoms with van der Waals surface area (Å²) in [5.41, 5.74) is 5.99. The molecule has 1 heterocycles. The third kappa shape index (κ3) is 4.67. The zero-order chi connectivity index (χ0) is 17.7. The van der Waals surface area contributed by atoms with Crippen LogP contribution >= 0.6 is 0 Å². The summed E-state index contributed by atoms with van der Waals surface area (Å²) in [6.45, 7) is 7.82. The fraction of sp³-hybridized carbons (Fsp3) is 0.812. The van der Waals surface area contributed by atoms with Crippen molar-refractivity contribution < 1.29 is 19.5 Å². The summed E-state index contributed by atoms with van der Waals surface area (Å²) in [6.07, 6.45) is 2.04. The molecule has 0 aromatic rings. The van der Waals surface area contributed by atoms with Gasteiger partial charge in [0.25, 0.3) is 0 Å². The van der Waals surface area contributed by atoms with Gasteiger partial charge in [-0.25, -0.2) is 4.79 Å². The van der Waals surface area contributed by atoms with Crippen molar-refractivity contribution in [3.8, 4) is 0 Å². The molecule has 0 saturated carbocycles. The zero-order valence-electron chi connectivity index (χ0n) is 14.4. The Morgan fingerprint density at radius 3 is 2.39 bits per heavy atom. The van der Waals surface area contributed by atoms with Crippen molar-refractivity contribution >= 4 is 17.8 Å². The number of nitrogens with one attached hydrogen (secondary N) is 1. The van der Waals surface area contributed by atoms with E-state index >= 15 is 0 Å². The average molecular weight is 327 g/mol. The molecule has 0 bridgehead atoms. The van der Waals surface area contributed by atoms with E-state index in [-0.39, 0.29) is 17.7 Å². The Morgan fingerprint density at radius 2 is 1.91 bits per heavy atom. The molecule has 7 heteroatoms. The van der Waals surface area contributed by atoms with E-state index in [1.807, 2.05) is 13.8 Å². The standard InChI is InChI=1S/C16H29N3O4/c1-5-10(4)12(17)15(21)19-8-6-7-11(19)14(20)18-13(9(2)3)16(22)23/h9-13H,5-8,17H2,1-4H3,(H,18,20)(H,22,23)/t10-,11-,12-,13-/m0/s1. The van der Waals surface area contributed by atoms with Crippen LogP contribution in [0.1, 0.15) is 47.0 Å². The topological polar surface area (TPSA) is 113 Å². The highest BCUT2D eigenvalue weighted by Crippen LogP contribution is 2.21. The van der Waals surface area contributed by atoms with Gasteiger partial charge in [-0.2, -0.15) is 0 Å². The average Bonchev–Trinajstić information content (AvgIpc) is 2.98. The van der Waals surface area contributed by atoms with Gasteiger partial charge in [0.15, 0.2) is 0 Å². The normalized spacial score (nSPS) is 21.8. The molecule has 4 N–H and O–H groups in total. The summed E-state index contributed by atoms with van der Waals surface area (Å²) in [6, 6.07) is -2.21. The van der Waals surface area contributed by atoms with Crippen LogP contribution in [0.4, 0.5) is 0 Å². The van der Waals surface area contributed by atoms with Crippen LogP contribution in [0.15, 0.2) is 0 Å². The van der Waals surface area contributed by atoms with Crippen LogP contribution in [0.2, 0.25) is 0 Å². The van der Waals surface area contributed by atoms with Crippen molar-refractivity contribution in [2.45, 2.75) is 65.1 Å². The first-order valence-corrected chi connectivity index (χ1v) is 8.29. The molecule has 4 atom stereocenters. The van der Waals surface area contributed by atoms with Crippen LogP contribution in [-0.4, -0.2) is 52.5 Å². The summed E-state index contributed by atoms with van der Waals surface area (Å²) >= 11 is 0. The predicted octanol–water partition coefficient (Wildman–Crippen LogP) is 0.576. The Bertz CT molecular complexity index is 453. The Morgan fingerprint density at radius 1 is 1.30 bits per heavy atom. The monoisotopic (exact) mass is 327 g/mol. The molecule has 1 aliphatic heterocycles. The van der Waals surface area contributed by atoms with Crippen molar-refractivity contribution in [1.82, 2.24) is 10.2 Å². The van der Waals surface area contributed by atoms with Gasteiger partial charge >= 0.3 is 5.97 Å². The molecule has 1 saturated heterocycles. The van der Waals surface area contributed by atoms with Gasteiger partial charge in [0.2, 0.25) is 11.8 Å². The van der Waals surface area contributed by atoms with E-state index in [0.717, 1.165) is 12.8 Å². The van der Waals surface area contributed by atoms with Crippen molar-refractivity contribution in [2.75, 3.05) is 6.54 Å². The lowest BCUT2D eigenvalue weighted by atomic mass is 9.98. The van der Waals surface area contributed by atoms with E-state index in [9.17, 15) is 19.5 Å². The highest BCUT2D eigenvalue weighted by Gasteiger charge is 2.38. The molecule has 0 aliphatic carbocycles. The lowest BCUT2D eigenvalue weighted by molar-refractivity contribution is -0.145. The fourth-order valence-electron chi connectivity index (χ4n) is 2.75. The predicted molar refractivity (Wildman–Crippen MR) is 86.6 cm³/mol. The number of hydrogen-bond acceptors (Lipinski definition) is 4. The molecule has 23 heavy (non-hydrogen) atoms. The zero-order valence-corrected chi connectivity index (χ0v) is 14.4. The molecule has 7 nitrogen and oxygen atoms in total. The number of rotatable bonds is 7.